The molecule has 0 aromatic rings. The van der Waals surface area contributed by atoms with Gasteiger partial charge in [-0.3, -0.25) is 9.59 Å². The van der Waals surface area contributed by atoms with Crippen molar-refractivity contribution >= 4 is 11.9 Å². The summed E-state index contributed by atoms with van der Waals surface area (Å²) in [6, 6.07) is 0.337. The molecule has 1 rings (SSSR count). The third kappa shape index (κ3) is 5.04. The largest absolute Gasteiger partial charge is 0.481 e. The van der Waals surface area contributed by atoms with Crippen LogP contribution in [0, 0.1) is 0 Å². The second-order valence-electron chi connectivity index (χ2n) is 4.82. The Hall–Kier alpha value is -1.10. The number of nitrogens with one attached hydrogen (secondary N) is 1. The molecular formula is C13H24N2O3. The first-order valence-corrected chi connectivity index (χ1v) is 6.87. The average molecular weight is 256 g/mol. The molecule has 1 aliphatic heterocycles. The van der Waals surface area contributed by atoms with Gasteiger partial charge in [-0.25, -0.2) is 0 Å². The predicted molar refractivity (Wildman–Crippen MR) is 69.4 cm³/mol. The molecule has 0 aliphatic carbocycles. The van der Waals surface area contributed by atoms with Crippen LogP contribution in [0.25, 0.3) is 0 Å². The number of carboxylic acids is 1. The van der Waals surface area contributed by atoms with Crippen LogP contribution in [0.15, 0.2) is 0 Å². The lowest BCUT2D eigenvalue weighted by molar-refractivity contribution is -0.137. The van der Waals surface area contributed by atoms with E-state index in [0.29, 0.717) is 18.9 Å². The van der Waals surface area contributed by atoms with Crippen molar-refractivity contribution in [2.45, 2.75) is 51.5 Å². The number of hydrogen-bond acceptors (Lipinski definition) is 3. The van der Waals surface area contributed by atoms with Gasteiger partial charge in [0.2, 0.25) is 5.91 Å². The van der Waals surface area contributed by atoms with Crippen molar-refractivity contribution in [3.05, 3.63) is 0 Å². The van der Waals surface area contributed by atoms with Crippen molar-refractivity contribution in [1.82, 2.24) is 10.2 Å². The molecule has 5 heteroatoms. The lowest BCUT2D eigenvalue weighted by Gasteiger charge is -2.34. The Kier molecular flexibility index (Phi) is 6.72. The fourth-order valence-electron chi connectivity index (χ4n) is 2.40. The molecule has 0 aromatic heterocycles. The molecular weight excluding hydrogens is 232 g/mol. The van der Waals surface area contributed by atoms with E-state index in [1.807, 2.05) is 4.90 Å². The monoisotopic (exact) mass is 256 g/mol. The zero-order chi connectivity index (χ0) is 13.4. The minimum Gasteiger partial charge on any atom is -0.481 e. The van der Waals surface area contributed by atoms with Gasteiger partial charge in [0.1, 0.15) is 0 Å². The third-order valence-corrected chi connectivity index (χ3v) is 3.32. The average Bonchev–Trinajstić information content (AvgIpc) is 2.36. The van der Waals surface area contributed by atoms with Gasteiger partial charge >= 0.3 is 5.97 Å². The summed E-state index contributed by atoms with van der Waals surface area (Å²) in [5.74, 6) is -0.711. The molecule has 0 saturated carbocycles. The number of carbonyl (C=O) groups excluding carboxylic acids is 1. The normalized spacial score (nSPS) is 16.5. The Morgan fingerprint density at radius 2 is 1.94 bits per heavy atom. The number of amides is 1. The number of carboxylic acid groups (broad SMARTS) is 1. The van der Waals surface area contributed by atoms with Gasteiger partial charge in [-0.2, -0.15) is 0 Å². The first-order valence-electron chi connectivity index (χ1n) is 6.87. The summed E-state index contributed by atoms with van der Waals surface area (Å²) < 4.78 is 0. The second kappa shape index (κ2) is 8.08. The Morgan fingerprint density at radius 3 is 2.50 bits per heavy atom. The number of carbonyl (C=O) groups is 2. The molecule has 0 bridgehead atoms. The summed E-state index contributed by atoms with van der Waals surface area (Å²) in [4.78, 5) is 24.5. The zero-order valence-corrected chi connectivity index (χ0v) is 11.2. The molecule has 1 heterocycles. The smallest absolute Gasteiger partial charge is 0.303 e. The van der Waals surface area contributed by atoms with Crippen molar-refractivity contribution in [2.75, 3.05) is 19.6 Å². The quantitative estimate of drug-likeness (QED) is 0.719. The van der Waals surface area contributed by atoms with Crippen molar-refractivity contribution in [1.29, 1.82) is 0 Å². The zero-order valence-electron chi connectivity index (χ0n) is 11.2. The van der Waals surface area contributed by atoms with Crippen LogP contribution in [-0.2, 0) is 9.59 Å². The summed E-state index contributed by atoms with van der Waals surface area (Å²) in [5, 5.41) is 11.9. The molecule has 0 spiro atoms. The van der Waals surface area contributed by atoms with Gasteiger partial charge in [0.05, 0.1) is 0 Å². The molecule has 5 nitrogen and oxygen atoms in total. The van der Waals surface area contributed by atoms with Crippen molar-refractivity contribution < 1.29 is 14.7 Å². The highest BCUT2D eigenvalue weighted by Crippen LogP contribution is 2.14. The molecule has 1 saturated heterocycles. The van der Waals surface area contributed by atoms with Crippen LogP contribution in [0.3, 0.4) is 0 Å². The summed E-state index contributed by atoms with van der Waals surface area (Å²) in [5.41, 5.74) is 0. The van der Waals surface area contributed by atoms with Gasteiger partial charge in [-0.15, -0.1) is 0 Å². The Labute approximate surface area is 109 Å². The topological polar surface area (TPSA) is 69.6 Å². The number of rotatable bonds is 7. The van der Waals surface area contributed by atoms with Gasteiger partial charge in [-0.1, -0.05) is 6.92 Å². The van der Waals surface area contributed by atoms with Crippen molar-refractivity contribution in [2.24, 2.45) is 0 Å². The van der Waals surface area contributed by atoms with Crippen LogP contribution in [0.2, 0.25) is 0 Å². The molecule has 0 unspecified atom stereocenters. The molecule has 2 N–H and O–H groups in total. The Bertz CT molecular complexity index is 275. The van der Waals surface area contributed by atoms with Crippen molar-refractivity contribution in [3.63, 3.8) is 0 Å². The highest BCUT2D eigenvalue weighted by atomic mass is 16.4. The number of hydrogen-bond donors (Lipinski definition) is 2. The second-order valence-corrected chi connectivity index (χ2v) is 4.82. The van der Waals surface area contributed by atoms with E-state index in [9.17, 15) is 9.59 Å². The Morgan fingerprint density at radius 1 is 1.28 bits per heavy atom. The van der Waals surface area contributed by atoms with E-state index in [1.165, 1.54) is 0 Å². The molecule has 0 radical (unpaired) electrons. The fourth-order valence-corrected chi connectivity index (χ4v) is 2.40. The van der Waals surface area contributed by atoms with Gasteiger partial charge < -0.3 is 15.3 Å². The van der Waals surface area contributed by atoms with E-state index in [2.05, 4.69) is 12.2 Å². The minimum atomic E-state index is -0.827. The van der Waals surface area contributed by atoms with Crippen molar-refractivity contribution in [3.8, 4) is 0 Å². The van der Waals surface area contributed by atoms with E-state index < -0.39 is 5.97 Å². The summed E-state index contributed by atoms with van der Waals surface area (Å²) in [6.45, 7) is 4.79. The maximum atomic E-state index is 12.1. The van der Waals surface area contributed by atoms with Gasteiger partial charge in [-0.05, 0) is 38.8 Å². The van der Waals surface area contributed by atoms with Gasteiger partial charge in [0.15, 0.2) is 0 Å². The molecule has 1 amide bonds. The van der Waals surface area contributed by atoms with E-state index in [1.54, 1.807) is 0 Å². The van der Waals surface area contributed by atoms with E-state index >= 15 is 0 Å². The lowest BCUT2D eigenvalue weighted by Crippen LogP contribution is -2.46. The molecule has 0 aromatic carbocycles. The number of aliphatic carboxylic acids is 1. The van der Waals surface area contributed by atoms with E-state index in [4.69, 9.17) is 5.11 Å². The number of nitrogens with zero attached hydrogens (tertiary/aromatic N) is 1. The fraction of sp³-hybridized carbons (Fsp3) is 0.846. The first-order chi connectivity index (χ1) is 8.65. The first kappa shape index (κ1) is 15.0. The molecule has 1 aliphatic rings. The summed E-state index contributed by atoms with van der Waals surface area (Å²) >= 11 is 0. The van der Waals surface area contributed by atoms with Crippen LogP contribution >= 0.6 is 0 Å². The van der Waals surface area contributed by atoms with Crippen LogP contribution < -0.4 is 5.32 Å². The standard InChI is InChI=1S/C13H24N2O3/c1-2-10-15(11-6-8-14-9-7-11)12(16)4-3-5-13(17)18/h11,14H,2-10H2,1H3,(H,17,18). The van der Waals surface area contributed by atoms with E-state index in [-0.39, 0.29) is 12.3 Å². The van der Waals surface area contributed by atoms with E-state index in [0.717, 1.165) is 38.9 Å². The number of piperidine rings is 1. The van der Waals surface area contributed by atoms with Crippen LogP contribution in [-0.4, -0.2) is 47.6 Å². The van der Waals surface area contributed by atoms with Crippen LogP contribution in [0.5, 0.6) is 0 Å². The minimum absolute atomic E-state index is 0.0813. The Balaban J connectivity index is 2.43. The molecule has 0 atom stereocenters. The third-order valence-electron chi connectivity index (χ3n) is 3.32. The molecule has 18 heavy (non-hydrogen) atoms. The highest BCUT2D eigenvalue weighted by Gasteiger charge is 2.24. The summed E-state index contributed by atoms with van der Waals surface area (Å²) in [6.07, 6.45) is 3.84. The van der Waals surface area contributed by atoms with Gasteiger partial charge in [0.25, 0.3) is 0 Å². The maximum Gasteiger partial charge on any atom is 0.303 e. The van der Waals surface area contributed by atoms with Crippen LogP contribution in [0.1, 0.15) is 45.4 Å². The predicted octanol–water partition coefficient (Wildman–Crippen LogP) is 1.23. The van der Waals surface area contributed by atoms with Gasteiger partial charge in [0, 0.05) is 25.4 Å². The SMILES string of the molecule is CCCN(C(=O)CCCC(=O)O)C1CCNCC1. The molecule has 1 fully saturated rings. The maximum absolute atomic E-state index is 12.1. The lowest BCUT2D eigenvalue weighted by atomic mass is 10.0. The summed E-state index contributed by atoms with van der Waals surface area (Å²) in [7, 11) is 0. The molecule has 104 valence electrons. The van der Waals surface area contributed by atoms with Crippen LogP contribution in [0.4, 0.5) is 0 Å². The highest BCUT2D eigenvalue weighted by molar-refractivity contribution is 5.77.